The maximum absolute atomic E-state index is 9.24. The van der Waals surface area contributed by atoms with Crippen molar-refractivity contribution in [2.24, 2.45) is 0 Å². The second-order valence-electron chi connectivity index (χ2n) is 2.87. The van der Waals surface area contributed by atoms with E-state index < -0.39 is 18.8 Å². The van der Waals surface area contributed by atoms with Crippen LogP contribution in [0.1, 0.15) is 0 Å². The topological polar surface area (TPSA) is 76.3 Å². The minimum atomic E-state index is -1.07. The lowest BCUT2D eigenvalue weighted by Gasteiger charge is -2.16. The van der Waals surface area contributed by atoms with Gasteiger partial charge in [0.1, 0.15) is 12.1 Å². The molecule has 1 aromatic rings. The standard InChI is InChI=1S/C10H12N2O2/c11-6-9(10(14)7-13)12-8-4-2-1-3-5-8/h1-5,9-10,12-14H,7H2/t9-,10-/m1/s1. The minimum Gasteiger partial charge on any atom is -0.394 e. The molecule has 0 unspecified atom stereocenters. The molecule has 74 valence electrons. The van der Waals surface area contributed by atoms with E-state index in [0.29, 0.717) is 0 Å². The van der Waals surface area contributed by atoms with E-state index in [-0.39, 0.29) is 0 Å². The van der Waals surface area contributed by atoms with Crippen LogP contribution < -0.4 is 5.32 Å². The number of rotatable bonds is 4. The van der Waals surface area contributed by atoms with Crippen LogP contribution in [0.2, 0.25) is 0 Å². The second-order valence-corrected chi connectivity index (χ2v) is 2.87. The predicted molar refractivity (Wildman–Crippen MR) is 52.6 cm³/mol. The Labute approximate surface area is 82.4 Å². The van der Waals surface area contributed by atoms with Crippen molar-refractivity contribution in [2.45, 2.75) is 12.1 Å². The van der Waals surface area contributed by atoms with E-state index >= 15 is 0 Å². The number of nitrogens with one attached hydrogen (secondary N) is 1. The fraction of sp³-hybridized carbons (Fsp3) is 0.300. The normalized spacial score (nSPS) is 14.1. The van der Waals surface area contributed by atoms with Gasteiger partial charge in [-0.3, -0.25) is 0 Å². The van der Waals surface area contributed by atoms with Gasteiger partial charge in [-0.2, -0.15) is 5.26 Å². The first-order valence-electron chi connectivity index (χ1n) is 4.28. The smallest absolute Gasteiger partial charge is 0.143 e. The van der Waals surface area contributed by atoms with Crippen LogP contribution in [0.4, 0.5) is 5.69 Å². The van der Waals surface area contributed by atoms with Crippen LogP contribution in [0.5, 0.6) is 0 Å². The summed E-state index contributed by atoms with van der Waals surface area (Å²) in [6.07, 6.45) is -1.07. The highest BCUT2D eigenvalue weighted by Gasteiger charge is 2.16. The molecule has 0 bridgehead atoms. The van der Waals surface area contributed by atoms with Gasteiger partial charge >= 0.3 is 0 Å². The number of benzene rings is 1. The largest absolute Gasteiger partial charge is 0.394 e. The van der Waals surface area contributed by atoms with Gasteiger partial charge in [0.25, 0.3) is 0 Å². The van der Waals surface area contributed by atoms with Crippen molar-refractivity contribution in [1.82, 2.24) is 0 Å². The Hall–Kier alpha value is -1.57. The Morgan fingerprint density at radius 3 is 2.50 bits per heavy atom. The Morgan fingerprint density at radius 2 is 2.00 bits per heavy atom. The van der Waals surface area contributed by atoms with Crippen LogP contribution in [0.15, 0.2) is 30.3 Å². The number of nitriles is 1. The molecule has 0 saturated carbocycles. The van der Waals surface area contributed by atoms with Crippen molar-refractivity contribution in [2.75, 3.05) is 11.9 Å². The van der Waals surface area contributed by atoms with Gasteiger partial charge in [-0.15, -0.1) is 0 Å². The van der Waals surface area contributed by atoms with Crippen LogP contribution in [0, 0.1) is 11.3 Å². The molecule has 0 fully saturated rings. The molecule has 4 nitrogen and oxygen atoms in total. The van der Waals surface area contributed by atoms with E-state index in [1.54, 1.807) is 12.1 Å². The molecular weight excluding hydrogens is 180 g/mol. The lowest BCUT2D eigenvalue weighted by molar-refractivity contribution is 0.0915. The van der Waals surface area contributed by atoms with Gasteiger partial charge in [-0.25, -0.2) is 0 Å². The summed E-state index contributed by atoms with van der Waals surface area (Å²) in [5, 5.41) is 29.4. The monoisotopic (exact) mass is 192 g/mol. The number of para-hydroxylation sites is 1. The summed E-state index contributed by atoms with van der Waals surface area (Å²) in [5.41, 5.74) is 0.742. The van der Waals surface area contributed by atoms with Gasteiger partial charge in [0.15, 0.2) is 0 Å². The zero-order chi connectivity index (χ0) is 10.4. The van der Waals surface area contributed by atoms with Crippen molar-refractivity contribution in [1.29, 1.82) is 5.26 Å². The Balaban J connectivity index is 2.63. The van der Waals surface area contributed by atoms with E-state index in [1.165, 1.54) is 0 Å². The van der Waals surface area contributed by atoms with Gasteiger partial charge < -0.3 is 15.5 Å². The van der Waals surface area contributed by atoms with E-state index in [1.807, 2.05) is 24.3 Å². The van der Waals surface area contributed by atoms with Crippen molar-refractivity contribution >= 4 is 5.69 Å². The summed E-state index contributed by atoms with van der Waals surface area (Å²) in [6, 6.07) is 10.2. The Bertz CT molecular complexity index is 308. The van der Waals surface area contributed by atoms with E-state index in [2.05, 4.69) is 5.32 Å². The van der Waals surface area contributed by atoms with Crippen molar-refractivity contribution in [3.05, 3.63) is 30.3 Å². The number of anilines is 1. The molecule has 0 aliphatic carbocycles. The molecule has 0 radical (unpaired) electrons. The second kappa shape index (κ2) is 5.22. The molecule has 0 heterocycles. The number of hydrogen-bond donors (Lipinski definition) is 3. The molecular formula is C10H12N2O2. The average Bonchev–Trinajstić information content (AvgIpc) is 2.26. The quantitative estimate of drug-likeness (QED) is 0.643. The predicted octanol–water partition coefficient (Wildman–Crippen LogP) is 0.344. The highest BCUT2D eigenvalue weighted by atomic mass is 16.3. The fourth-order valence-corrected chi connectivity index (χ4v) is 1.03. The summed E-state index contributed by atoms with van der Waals surface area (Å²) in [5.74, 6) is 0. The van der Waals surface area contributed by atoms with Crippen molar-refractivity contribution in [3.63, 3.8) is 0 Å². The summed E-state index contributed by atoms with van der Waals surface area (Å²) < 4.78 is 0. The summed E-state index contributed by atoms with van der Waals surface area (Å²) >= 11 is 0. The van der Waals surface area contributed by atoms with Gasteiger partial charge in [0.05, 0.1) is 12.7 Å². The SMILES string of the molecule is N#C[C@@H](Nc1ccccc1)[C@H](O)CO. The molecule has 0 aliphatic rings. The number of aliphatic hydroxyl groups is 2. The summed E-state index contributed by atoms with van der Waals surface area (Å²) in [7, 11) is 0. The third-order valence-corrected chi connectivity index (χ3v) is 1.81. The van der Waals surface area contributed by atoms with Crippen molar-refractivity contribution in [3.8, 4) is 6.07 Å². The molecule has 0 spiro atoms. The number of nitrogens with zero attached hydrogens (tertiary/aromatic N) is 1. The first-order valence-corrected chi connectivity index (χ1v) is 4.28. The van der Waals surface area contributed by atoms with Crippen LogP contribution in [0.3, 0.4) is 0 Å². The molecule has 0 saturated heterocycles. The zero-order valence-corrected chi connectivity index (χ0v) is 7.59. The van der Waals surface area contributed by atoms with Gasteiger partial charge in [0, 0.05) is 5.69 Å². The highest BCUT2D eigenvalue weighted by Crippen LogP contribution is 2.08. The average molecular weight is 192 g/mol. The highest BCUT2D eigenvalue weighted by molar-refractivity contribution is 5.45. The van der Waals surface area contributed by atoms with E-state index in [9.17, 15) is 5.11 Å². The summed E-state index contributed by atoms with van der Waals surface area (Å²) in [6.45, 7) is -0.432. The van der Waals surface area contributed by atoms with Crippen molar-refractivity contribution < 1.29 is 10.2 Å². The zero-order valence-electron chi connectivity index (χ0n) is 7.59. The minimum absolute atomic E-state index is 0.432. The molecule has 1 aromatic carbocycles. The number of hydrogen-bond acceptors (Lipinski definition) is 4. The molecule has 0 aliphatic heterocycles. The van der Waals surface area contributed by atoms with Crippen LogP contribution in [0.25, 0.3) is 0 Å². The van der Waals surface area contributed by atoms with E-state index in [4.69, 9.17) is 10.4 Å². The fourth-order valence-electron chi connectivity index (χ4n) is 1.03. The first-order chi connectivity index (χ1) is 6.77. The number of aliphatic hydroxyl groups excluding tert-OH is 2. The molecule has 3 N–H and O–H groups in total. The molecule has 14 heavy (non-hydrogen) atoms. The molecule has 2 atom stereocenters. The Morgan fingerprint density at radius 1 is 1.36 bits per heavy atom. The maximum atomic E-state index is 9.24. The van der Waals surface area contributed by atoms with Gasteiger partial charge in [-0.1, -0.05) is 18.2 Å². The lowest BCUT2D eigenvalue weighted by Crippen LogP contribution is -2.34. The van der Waals surface area contributed by atoms with Crippen LogP contribution in [-0.2, 0) is 0 Å². The lowest BCUT2D eigenvalue weighted by atomic mass is 10.2. The molecule has 0 aromatic heterocycles. The molecule has 4 heteroatoms. The van der Waals surface area contributed by atoms with Crippen LogP contribution >= 0.6 is 0 Å². The third-order valence-electron chi connectivity index (χ3n) is 1.81. The summed E-state index contributed by atoms with van der Waals surface area (Å²) in [4.78, 5) is 0. The molecule has 0 amide bonds. The first kappa shape index (κ1) is 10.5. The van der Waals surface area contributed by atoms with Gasteiger partial charge in [-0.05, 0) is 12.1 Å². The van der Waals surface area contributed by atoms with Crippen LogP contribution in [-0.4, -0.2) is 29.0 Å². The van der Waals surface area contributed by atoms with E-state index in [0.717, 1.165) is 5.69 Å². The molecule has 1 rings (SSSR count). The Kier molecular flexibility index (Phi) is 3.92. The third kappa shape index (κ3) is 2.73. The maximum Gasteiger partial charge on any atom is 0.143 e. The van der Waals surface area contributed by atoms with Gasteiger partial charge in [0.2, 0.25) is 0 Å².